The molecule has 0 atom stereocenters. The van der Waals surface area contributed by atoms with Crippen molar-refractivity contribution in [3.05, 3.63) is 23.8 Å². The van der Waals surface area contributed by atoms with Crippen LogP contribution in [0.4, 0.5) is 0 Å². The summed E-state index contributed by atoms with van der Waals surface area (Å²) in [7, 11) is 0. The Morgan fingerprint density at radius 1 is 1.38 bits per heavy atom. The Morgan fingerprint density at radius 3 is 2.92 bits per heavy atom. The van der Waals surface area contributed by atoms with Crippen molar-refractivity contribution in [2.24, 2.45) is 0 Å². The van der Waals surface area contributed by atoms with Gasteiger partial charge in [0, 0.05) is 0 Å². The van der Waals surface area contributed by atoms with Crippen LogP contribution in [0.1, 0.15) is 5.56 Å². The van der Waals surface area contributed by atoms with E-state index < -0.39 is 28.0 Å². The Labute approximate surface area is 85.8 Å². The number of hydrogen-bond acceptors (Lipinski definition) is 3. The van der Waals surface area contributed by atoms with Gasteiger partial charge in [0.05, 0.1) is 0 Å². The second-order valence-electron chi connectivity index (χ2n) is 2.57. The van der Waals surface area contributed by atoms with Crippen LogP contribution in [0.25, 0.3) is 0 Å². The Morgan fingerprint density at radius 2 is 2.15 bits per heavy atom. The molecule has 0 aromatic heterocycles. The molecule has 1 heterocycles. The van der Waals surface area contributed by atoms with Gasteiger partial charge in [-0.05, 0) is 0 Å². The summed E-state index contributed by atoms with van der Waals surface area (Å²) in [5, 5.41) is 8.55. The van der Waals surface area contributed by atoms with Crippen LogP contribution >= 0.6 is 0 Å². The number of carbonyl (C=O) groups is 1. The fourth-order valence-electron chi connectivity index (χ4n) is 1.04. The van der Waals surface area contributed by atoms with E-state index in [2.05, 4.69) is 0 Å². The summed E-state index contributed by atoms with van der Waals surface area (Å²) in [6.07, 6.45) is 0.0228. The molecule has 0 fully saturated rings. The minimum atomic E-state index is -0.839. The van der Waals surface area contributed by atoms with Gasteiger partial charge in [-0.25, -0.2) is 0 Å². The van der Waals surface area contributed by atoms with Crippen LogP contribution in [0.3, 0.4) is 0 Å². The van der Waals surface area contributed by atoms with Crippen molar-refractivity contribution in [1.29, 1.82) is 0 Å². The number of halogens is 1. The minimum absolute atomic E-state index is 0.0228. The SMILES string of the molecule is O=C(O)Cc1ccc2c(c1)O[I-]O2. The number of rotatable bonds is 2. The standard InChI is InChI=1S/C8H6IO4/c10-8(11)4-5-1-2-6-7(3-5)13-9-12-6/h1-3H,4H2,(H,10,11)/q-1. The van der Waals surface area contributed by atoms with Crippen molar-refractivity contribution in [1.82, 2.24) is 0 Å². The molecule has 2 rings (SSSR count). The van der Waals surface area contributed by atoms with E-state index in [4.69, 9.17) is 11.2 Å². The molecular weight excluding hydrogens is 287 g/mol. The van der Waals surface area contributed by atoms with E-state index in [1.807, 2.05) is 0 Å². The molecule has 70 valence electrons. The zero-order chi connectivity index (χ0) is 9.26. The summed E-state index contributed by atoms with van der Waals surface area (Å²) >= 11 is -0.669. The molecule has 0 unspecified atom stereocenters. The van der Waals surface area contributed by atoms with E-state index in [-0.39, 0.29) is 6.42 Å². The molecule has 1 aliphatic heterocycles. The zero-order valence-corrected chi connectivity index (χ0v) is 8.65. The fraction of sp³-hybridized carbons (Fsp3) is 0.125. The van der Waals surface area contributed by atoms with Gasteiger partial charge in [0.2, 0.25) is 0 Å². The Hall–Kier alpha value is -0.980. The number of hydrogen-bond donors (Lipinski definition) is 1. The summed E-state index contributed by atoms with van der Waals surface area (Å²) in [5.41, 5.74) is 0.737. The van der Waals surface area contributed by atoms with Crippen molar-refractivity contribution in [2.75, 3.05) is 0 Å². The first-order valence-corrected chi connectivity index (χ1v) is 5.35. The molecule has 1 aromatic rings. The number of fused-ring (bicyclic) bond motifs is 1. The molecule has 0 saturated carbocycles. The molecule has 1 aliphatic rings. The molecule has 1 N–H and O–H groups in total. The van der Waals surface area contributed by atoms with Crippen LogP contribution in [0.2, 0.25) is 0 Å². The molecule has 5 heteroatoms. The van der Waals surface area contributed by atoms with Gasteiger partial charge in [0.15, 0.2) is 0 Å². The summed E-state index contributed by atoms with van der Waals surface area (Å²) < 4.78 is 10.4. The average molecular weight is 293 g/mol. The summed E-state index contributed by atoms with van der Waals surface area (Å²) in [4.78, 5) is 10.4. The van der Waals surface area contributed by atoms with Gasteiger partial charge in [-0.1, -0.05) is 0 Å². The Bertz CT molecular complexity index is 350. The van der Waals surface area contributed by atoms with E-state index in [1.54, 1.807) is 18.2 Å². The van der Waals surface area contributed by atoms with E-state index in [0.29, 0.717) is 5.75 Å². The van der Waals surface area contributed by atoms with E-state index in [9.17, 15) is 4.79 Å². The van der Waals surface area contributed by atoms with Gasteiger partial charge in [-0.15, -0.1) is 0 Å². The van der Waals surface area contributed by atoms with E-state index >= 15 is 0 Å². The molecule has 0 radical (unpaired) electrons. The zero-order valence-electron chi connectivity index (χ0n) is 6.49. The van der Waals surface area contributed by atoms with Gasteiger partial charge >= 0.3 is 85.7 Å². The monoisotopic (exact) mass is 293 g/mol. The van der Waals surface area contributed by atoms with Crippen LogP contribution in [0.15, 0.2) is 18.2 Å². The van der Waals surface area contributed by atoms with Crippen LogP contribution < -0.4 is 28.2 Å². The van der Waals surface area contributed by atoms with Crippen molar-refractivity contribution in [3.8, 4) is 11.5 Å². The first kappa shape index (κ1) is 8.61. The summed E-state index contributed by atoms with van der Waals surface area (Å²) in [6, 6.07) is 5.21. The van der Waals surface area contributed by atoms with Gasteiger partial charge in [-0.2, -0.15) is 0 Å². The second kappa shape index (κ2) is 3.41. The maximum atomic E-state index is 10.4. The molecule has 0 bridgehead atoms. The third-order valence-electron chi connectivity index (χ3n) is 1.59. The van der Waals surface area contributed by atoms with E-state index in [1.165, 1.54) is 0 Å². The van der Waals surface area contributed by atoms with E-state index in [0.717, 1.165) is 11.3 Å². The number of carboxylic acids is 1. The van der Waals surface area contributed by atoms with Crippen LogP contribution in [-0.2, 0) is 11.2 Å². The fourth-order valence-corrected chi connectivity index (χ4v) is 2.23. The molecule has 0 amide bonds. The maximum absolute atomic E-state index is 10.4. The first-order valence-electron chi connectivity index (χ1n) is 3.59. The van der Waals surface area contributed by atoms with Crippen molar-refractivity contribution >= 4 is 5.97 Å². The first-order chi connectivity index (χ1) is 6.25. The van der Waals surface area contributed by atoms with Gasteiger partial charge in [-0.3, -0.25) is 0 Å². The predicted molar refractivity (Wildman–Crippen MR) is 39.0 cm³/mol. The topological polar surface area (TPSA) is 55.8 Å². The molecular formula is C8H6IO4-. The van der Waals surface area contributed by atoms with Crippen LogP contribution in [-0.4, -0.2) is 11.1 Å². The third-order valence-corrected chi connectivity index (χ3v) is 2.90. The van der Waals surface area contributed by atoms with Crippen molar-refractivity contribution in [3.63, 3.8) is 0 Å². The molecule has 0 saturated heterocycles. The summed E-state index contributed by atoms with van der Waals surface area (Å²) in [6.45, 7) is 0. The molecule has 0 spiro atoms. The predicted octanol–water partition coefficient (Wildman–Crippen LogP) is -2.00. The Balaban J connectivity index is 2.25. The molecule has 1 aromatic carbocycles. The quantitative estimate of drug-likeness (QED) is 0.641. The number of benzene rings is 1. The van der Waals surface area contributed by atoms with Crippen molar-refractivity contribution < 1.29 is 38.1 Å². The number of aliphatic carboxylic acids is 1. The average Bonchev–Trinajstić information content (AvgIpc) is 2.49. The van der Waals surface area contributed by atoms with Crippen LogP contribution in [0, 0.1) is 0 Å². The summed E-state index contributed by atoms with van der Waals surface area (Å²) in [5.74, 6) is 0.557. The Kier molecular flexibility index (Phi) is 2.26. The van der Waals surface area contributed by atoms with Crippen LogP contribution in [0.5, 0.6) is 11.5 Å². The van der Waals surface area contributed by atoms with Gasteiger partial charge < -0.3 is 0 Å². The second-order valence-corrected chi connectivity index (χ2v) is 3.81. The number of carboxylic acid groups (broad SMARTS) is 1. The van der Waals surface area contributed by atoms with Gasteiger partial charge in [0.1, 0.15) is 0 Å². The normalized spacial score (nSPS) is 13.5. The van der Waals surface area contributed by atoms with Gasteiger partial charge in [0.25, 0.3) is 0 Å². The molecule has 13 heavy (non-hydrogen) atoms. The molecule has 0 aliphatic carbocycles. The van der Waals surface area contributed by atoms with Crippen molar-refractivity contribution in [2.45, 2.75) is 6.42 Å². The molecule has 4 nitrogen and oxygen atoms in total. The third kappa shape index (κ3) is 1.85.